The molecule has 0 unspecified atom stereocenters. The van der Waals surface area contributed by atoms with Gasteiger partial charge in [0.25, 0.3) is 0 Å². The van der Waals surface area contributed by atoms with Crippen LogP contribution in [0.1, 0.15) is 33.6 Å². The van der Waals surface area contributed by atoms with E-state index in [1.54, 1.807) is 12.4 Å². The molecule has 0 radical (unpaired) electrons. The Hall–Kier alpha value is -1.58. The highest BCUT2D eigenvalue weighted by Crippen LogP contribution is 2.31. The molecule has 2 heterocycles. The zero-order valence-electron chi connectivity index (χ0n) is 10.1. The third kappa shape index (κ3) is 1.45. The zero-order valence-corrected chi connectivity index (χ0v) is 10.1. The summed E-state index contributed by atoms with van der Waals surface area (Å²) in [5, 5.41) is 0. The van der Waals surface area contributed by atoms with E-state index in [0.717, 1.165) is 23.9 Å². The Kier molecular flexibility index (Phi) is 2.58. The molecule has 0 atom stereocenters. The number of nitrogens with zero attached hydrogens (tertiary/aromatic N) is 3. The van der Waals surface area contributed by atoms with Crippen LogP contribution >= 0.6 is 0 Å². The molecule has 4 heteroatoms. The van der Waals surface area contributed by atoms with Crippen molar-refractivity contribution in [3.63, 3.8) is 0 Å². The molecule has 0 spiro atoms. The van der Waals surface area contributed by atoms with Crippen molar-refractivity contribution >= 4 is 17.0 Å². The lowest BCUT2D eigenvalue weighted by molar-refractivity contribution is 0.307. The zero-order chi connectivity index (χ0) is 11.8. The fourth-order valence-electron chi connectivity index (χ4n) is 2.08. The summed E-state index contributed by atoms with van der Waals surface area (Å²) >= 11 is 0. The Morgan fingerprint density at radius 3 is 2.69 bits per heavy atom. The summed E-state index contributed by atoms with van der Waals surface area (Å²) in [5.74, 6) is 0.578. The van der Waals surface area contributed by atoms with E-state index in [9.17, 15) is 0 Å². The van der Waals surface area contributed by atoms with Gasteiger partial charge >= 0.3 is 0 Å². The van der Waals surface area contributed by atoms with Crippen LogP contribution in [0.3, 0.4) is 0 Å². The first-order valence-electron chi connectivity index (χ1n) is 5.71. The van der Waals surface area contributed by atoms with Gasteiger partial charge in [-0.25, -0.2) is 4.98 Å². The number of pyridine rings is 1. The van der Waals surface area contributed by atoms with E-state index in [0.29, 0.717) is 5.95 Å². The third-order valence-electron chi connectivity index (χ3n) is 3.55. The average molecular weight is 218 g/mol. The Balaban J connectivity index is 2.72. The molecule has 0 aromatic carbocycles. The lowest BCUT2D eigenvalue weighted by Crippen LogP contribution is -2.29. The molecule has 0 aliphatic rings. The summed E-state index contributed by atoms with van der Waals surface area (Å²) < 4.78 is 2.13. The Morgan fingerprint density at radius 1 is 1.38 bits per heavy atom. The van der Waals surface area contributed by atoms with E-state index in [1.165, 1.54) is 0 Å². The fraction of sp³-hybridized carbons (Fsp3) is 0.500. The minimum Gasteiger partial charge on any atom is -0.369 e. The van der Waals surface area contributed by atoms with Gasteiger partial charge in [0.1, 0.15) is 5.52 Å². The number of hydrogen-bond acceptors (Lipinski definition) is 3. The van der Waals surface area contributed by atoms with Gasteiger partial charge in [0, 0.05) is 11.7 Å². The van der Waals surface area contributed by atoms with E-state index < -0.39 is 0 Å². The second-order valence-corrected chi connectivity index (χ2v) is 4.37. The van der Waals surface area contributed by atoms with Crippen molar-refractivity contribution in [2.45, 2.75) is 39.2 Å². The van der Waals surface area contributed by atoms with Crippen LogP contribution in [0.2, 0.25) is 0 Å². The van der Waals surface area contributed by atoms with E-state index >= 15 is 0 Å². The smallest absolute Gasteiger partial charge is 0.201 e. The molecule has 16 heavy (non-hydrogen) atoms. The van der Waals surface area contributed by atoms with Gasteiger partial charge in [0.15, 0.2) is 0 Å². The van der Waals surface area contributed by atoms with Crippen LogP contribution in [-0.2, 0) is 5.54 Å². The molecule has 0 bridgehead atoms. The molecule has 2 N–H and O–H groups in total. The second-order valence-electron chi connectivity index (χ2n) is 4.37. The van der Waals surface area contributed by atoms with Crippen LogP contribution in [0, 0.1) is 0 Å². The summed E-state index contributed by atoms with van der Waals surface area (Å²) in [7, 11) is 0. The van der Waals surface area contributed by atoms with Crippen LogP contribution in [0.4, 0.5) is 5.95 Å². The number of aromatic nitrogens is 3. The molecular weight excluding hydrogens is 200 g/mol. The van der Waals surface area contributed by atoms with Crippen LogP contribution in [0.15, 0.2) is 18.5 Å². The number of anilines is 1. The van der Waals surface area contributed by atoms with Gasteiger partial charge in [-0.05, 0) is 25.8 Å². The van der Waals surface area contributed by atoms with Crippen molar-refractivity contribution in [2.24, 2.45) is 0 Å². The molecule has 0 saturated heterocycles. The van der Waals surface area contributed by atoms with Gasteiger partial charge in [-0.1, -0.05) is 13.8 Å². The van der Waals surface area contributed by atoms with Gasteiger partial charge < -0.3 is 10.3 Å². The molecule has 0 amide bonds. The van der Waals surface area contributed by atoms with Crippen LogP contribution in [0.25, 0.3) is 11.0 Å². The van der Waals surface area contributed by atoms with Crippen LogP contribution in [0.5, 0.6) is 0 Å². The molecule has 2 rings (SSSR count). The minimum atomic E-state index is 0.0280. The molecule has 0 aliphatic carbocycles. The molecule has 0 fully saturated rings. The second kappa shape index (κ2) is 3.77. The number of nitrogen functional groups attached to an aromatic ring is 1. The standard InChI is InChI=1S/C12H18N4/c1-4-12(3,5-2)16-10-6-7-14-8-9(10)15-11(16)13/h6-8H,4-5H2,1-3H3,(H2,13,15). The van der Waals surface area contributed by atoms with Gasteiger partial charge in [-0.3, -0.25) is 4.98 Å². The van der Waals surface area contributed by atoms with Crippen molar-refractivity contribution in [1.82, 2.24) is 14.5 Å². The number of imidazole rings is 1. The quantitative estimate of drug-likeness (QED) is 0.861. The Morgan fingerprint density at radius 2 is 2.06 bits per heavy atom. The maximum atomic E-state index is 6.01. The molecule has 2 aromatic heterocycles. The van der Waals surface area contributed by atoms with Gasteiger partial charge in [0.05, 0.1) is 11.7 Å². The van der Waals surface area contributed by atoms with E-state index in [1.807, 2.05) is 6.07 Å². The van der Waals surface area contributed by atoms with E-state index in [2.05, 4.69) is 35.3 Å². The number of hydrogen-bond donors (Lipinski definition) is 1. The van der Waals surface area contributed by atoms with Crippen molar-refractivity contribution in [1.29, 1.82) is 0 Å². The highest BCUT2D eigenvalue weighted by Gasteiger charge is 2.26. The minimum absolute atomic E-state index is 0.0280. The predicted molar refractivity (Wildman–Crippen MR) is 66.2 cm³/mol. The highest BCUT2D eigenvalue weighted by atomic mass is 15.2. The molecule has 2 aromatic rings. The number of nitrogens with two attached hydrogens (primary N) is 1. The molecule has 0 aliphatic heterocycles. The van der Waals surface area contributed by atoms with E-state index in [4.69, 9.17) is 5.73 Å². The Labute approximate surface area is 95.5 Å². The average Bonchev–Trinajstić information content (AvgIpc) is 2.64. The van der Waals surface area contributed by atoms with Gasteiger partial charge in [0.2, 0.25) is 5.95 Å². The lowest BCUT2D eigenvalue weighted by Gasteiger charge is -2.30. The number of rotatable bonds is 3. The topological polar surface area (TPSA) is 56.7 Å². The summed E-state index contributed by atoms with van der Waals surface area (Å²) in [6.07, 6.45) is 5.60. The summed E-state index contributed by atoms with van der Waals surface area (Å²) in [5.41, 5.74) is 7.98. The van der Waals surface area contributed by atoms with Crippen molar-refractivity contribution in [3.8, 4) is 0 Å². The monoisotopic (exact) mass is 218 g/mol. The summed E-state index contributed by atoms with van der Waals surface area (Å²) in [6, 6.07) is 1.97. The molecular formula is C12H18N4. The first-order valence-corrected chi connectivity index (χ1v) is 5.71. The largest absolute Gasteiger partial charge is 0.369 e. The van der Waals surface area contributed by atoms with Crippen molar-refractivity contribution in [2.75, 3.05) is 5.73 Å². The normalized spacial score (nSPS) is 12.2. The lowest BCUT2D eigenvalue weighted by atomic mass is 9.95. The SMILES string of the molecule is CCC(C)(CC)n1c(N)nc2cnccc21. The first kappa shape index (κ1) is 10.9. The predicted octanol–water partition coefficient (Wildman–Crippen LogP) is 2.55. The summed E-state index contributed by atoms with van der Waals surface area (Å²) in [6.45, 7) is 6.57. The van der Waals surface area contributed by atoms with Crippen molar-refractivity contribution in [3.05, 3.63) is 18.5 Å². The van der Waals surface area contributed by atoms with Crippen LogP contribution < -0.4 is 5.73 Å². The first-order chi connectivity index (χ1) is 7.62. The maximum absolute atomic E-state index is 6.01. The maximum Gasteiger partial charge on any atom is 0.201 e. The number of fused-ring (bicyclic) bond motifs is 1. The van der Waals surface area contributed by atoms with Gasteiger partial charge in [-0.15, -0.1) is 0 Å². The highest BCUT2D eigenvalue weighted by molar-refractivity contribution is 5.77. The van der Waals surface area contributed by atoms with E-state index in [-0.39, 0.29) is 5.54 Å². The third-order valence-corrected chi connectivity index (χ3v) is 3.55. The van der Waals surface area contributed by atoms with Gasteiger partial charge in [-0.2, -0.15) is 0 Å². The molecule has 4 nitrogen and oxygen atoms in total. The molecule has 0 saturated carbocycles. The summed E-state index contributed by atoms with van der Waals surface area (Å²) in [4.78, 5) is 8.42. The Bertz CT molecular complexity index is 497. The van der Waals surface area contributed by atoms with Crippen LogP contribution in [-0.4, -0.2) is 14.5 Å². The van der Waals surface area contributed by atoms with Crippen molar-refractivity contribution < 1.29 is 0 Å². The molecule has 86 valence electrons. The fourth-order valence-corrected chi connectivity index (χ4v) is 2.08.